The largest absolute Gasteiger partial charge is 0.264 e. The standard InChI is InChI=1S/C15H25N/c1-4-6-7-8-9-14(5-2)15-10-13(3)11-16-12-15/h10-12,14H,4-9H2,1-3H3. The first-order chi connectivity index (χ1) is 7.77. The van der Waals surface area contributed by atoms with E-state index < -0.39 is 0 Å². The van der Waals surface area contributed by atoms with Crippen molar-refractivity contribution in [3.63, 3.8) is 0 Å². The Bertz CT molecular complexity index is 293. The summed E-state index contributed by atoms with van der Waals surface area (Å²) >= 11 is 0. The van der Waals surface area contributed by atoms with Crippen molar-refractivity contribution in [2.75, 3.05) is 0 Å². The van der Waals surface area contributed by atoms with Gasteiger partial charge >= 0.3 is 0 Å². The molecule has 16 heavy (non-hydrogen) atoms. The summed E-state index contributed by atoms with van der Waals surface area (Å²) < 4.78 is 0. The highest BCUT2D eigenvalue weighted by atomic mass is 14.6. The van der Waals surface area contributed by atoms with Gasteiger partial charge in [-0.05, 0) is 36.8 Å². The average Bonchev–Trinajstić information content (AvgIpc) is 2.29. The summed E-state index contributed by atoms with van der Waals surface area (Å²) in [5, 5.41) is 0. The topological polar surface area (TPSA) is 12.9 Å². The van der Waals surface area contributed by atoms with Gasteiger partial charge in [0.1, 0.15) is 0 Å². The zero-order chi connectivity index (χ0) is 11.8. The summed E-state index contributed by atoms with van der Waals surface area (Å²) in [4.78, 5) is 4.30. The fourth-order valence-electron chi connectivity index (χ4n) is 2.23. The van der Waals surface area contributed by atoms with Crippen molar-refractivity contribution in [1.29, 1.82) is 0 Å². The summed E-state index contributed by atoms with van der Waals surface area (Å²) in [7, 11) is 0. The molecule has 1 heteroatoms. The van der Waals surface area contributed by atoms with E-state index in [4.69, 9.17) is 0 Å². The van der Waals surface area contributed by atoms with Crippen molar-refractivity contribution < 1.29 is 0 Å². The van der Waals surface area contributed by atoms with Crippen LogP contribution >= 0.6 is 0 Å². The molecule has 0 aliphatic carbocycles. The Labute approximate surface area is 100 Å². The molecule has 1 aromatic rings. The highest BCUT2D eigenvalue weighted by Gasteiger charge is 2.09. The summed E-state index contributed by atoms with van der Waals surface area (Å²) in [6.45, 7) is 6.68. The first-order valence-electron chi connectivity index (χ1n) is 6.69. The molecule has 0 aliphatic heterocycles. The van der Waals surface area contributed by atoms with Crippen LogP contribution in [-0.2, 0) is 0 Å². The molecule has 0 amide bonds. The molecule has 1 rings (SSSR count). The van der Waals surface area contributed by atoms with Crippen LogP contribution in [0.5, 0.6) is 0 Å². The van der Waals surface area contributed by atoms with Gasteiger partial charge in [0.05, 0.1) is 0 Å². The molecule has 0 aliphatic rings. The molecule has 1 atom stereocenters. The molecule has 0 saturated carbocycles. The van der Waals surface area contributed by atoms with Crippen LogP contribution in [0, 0.1) is 6.92 Å². The lowest BCUT2D eigenvalue weighted by atomic mass is 9.91. The normalized spacial score (nSPS) is 12.7. The van der Waals surface area contributed by atoms with Gasteiger partial charge in [-0.1, -0.05) is 45.6 Å². The van der Waals surface area contributed by atoms with Gasteiger partial charge in [-0.3, -0.25) is 4.98 Å². The molecular formula is C15H25N. The molecule has 1 nitrogen and oxygen atoms in total. The second-order valence-electron chi connectivity index (χ2n) is 4.75. The molecule has 0 bridgehead atoms. The molecule has 0 aromatic carbocycles. The summed E-state index contributed by atoms with van der Waals surface area (Å²) in [5.74, 6) is 0.712. The van der Waals surface area contributed by atoms with E-state index in [0.29, 0.717) is 5.92 Å². The molecule has 1 aromatic heterocycles. The number of aromatic nitrogens is 1. The number of pyridine rings is 1. The second-order valence-corrected chi connectivity index (χ2v) is 4.75. The lowest BCUT2D eigenvalue weighted by molar-refractivity contribution is 0.541. The highest BCUT2D eigenvalue weighted by Crippen LogP contribution is 2.25. The summed E-state index contributed by atoms with van der Waals surface area (Å²) in [6.07, 6.45) is 12.0. The van der Waals surface area contributed by atoms with E-state index in [-0.39, 0.29) is 0 Å². The third-order valence-electron chi connectivity index (χ3n) is 3.27. The fraction of sp³-hybridized carbons (Fsp3) is 0.667. The van der Waals surface area contributed by atoms with Crippen molar-refractivity contribution >= 4 is 0 Å². The average molecular weight is 219 g/mol. The minimum Gasteiger partial charge on any atom is -0.264 e. The van der Waals surface area contributed by atoms with Gasteiger partial charge in [0, 0.05) is 12.4 Å². The van der Waals surface area contributed by atoms with Crippen LogP contribution in [0.25, 0.3) is 0 Å². The van der Waals surface area contributed by atoms with E-state index in [9.17, 15) is 0 Å². The van der Waals surface area contributed by atoms with E-state index in [2.05, 4.69) is 31.8 Å². The molecule has 1 unspecified atom stereocenters. The number of hydrogen-bond donors (Lipinski definition) is 0. The van der Waals surface area contributed by atoms with Crippen molar-refractivity contribution in [2.24, 2.45) is 0 Å². The third-order valence-corrected chi connectivity index (χ3v) is 3.27. The molecule has 0 N–H and O–H groups in total. The fourth-order valence-corrected chi connectivity index (χ4v) is 2.23. The van der Waals surface area contributed by atoms with Gasteiger partial charge in [-0.2, -0.15) is 0 Å². The third kappa shape index (κ3) is 4.34. The van der Waals surface area contributed by atoms with Crippen molar-refractivity contribution in [2.45, 2.75) is 65.2 Å². The van der Waals surface area contributed by atoms with E-state index >= 15 is 0 Å². The lowest BCUT2D eigenvalue weighted by Gasteiger charge is -2.15. The van der Waals surface area contributed by atoms with Crippen LogP contribution in [-0.4, -0.2) is 4.98 Å². The van der Waals surface area contributed by atoms with E-state index in [1.165, 1.54) is 49.7 Å². The number of unbranched alkanes of at least 4 members (excludes halogenated alkanes) is 3. The zero-order valence-corrected chi connectivity index (χ0v) is 11.0. The SMILES string of the molecule is CCCCCCC(CC)c1cncc(C)c1. The van der Waals surface area contributed by atoms with Gasteiger partial charge in [-0.15, -0.1) is 0 Å². The number of nitrogens with zero attached hydrogens (tertiary/aromatic N) is 1. The van der Waals surface area contributed by atoms with E-state index in [1.807, 2.05) is 12.4 Å². The lowest BCUT2D eigenvalue weighted by Crippen LogP contribution is -1.99. The van der Waals surface area contributed by atoms with Gasteiger partial charge in [0.2, 0.25) is 0 Å². The molecule has 0 radical (unpaired) electrons. The van der Waals surface area contributed by atoms with Gasteiger partial charge < -0.3 is 0 Å². The number of aryl methyl sites for hydroxylation is 1. The maximum atomic E-state index is 4.30. The minimum absolute atomic E-state index is 0.712. The van der Waals surface area contributed by atoms with Crippen molar-refractivity contribution in [3.8, 4) is 0 Å². The monoisotopic (exact) mass is 219 g/mol. The van der Waals surface area contributed by atoms with Crippen LogP contribution in [0.1, 0.15) is 69.4 Å². The van der Waals surface area contributed by atoms with Crippen LogP contribution in [0.15, 0.2) is 18.5 Å². The number of rotatable bonds is 7. The van der Waals surface area contributed by atoms with E-state index in [0.717, 1.165) is 0 Å². The quantitative estimate of drug-likeness (QED) is 0.597. The Morgan fingerprint density at radius 3 is 2.56 bits per heavy atom. The molecule has 0 fully saturated rings. The predicted octanol–water partition coefficient (Wildman–Crippen LogP) is 4.85. The Hall–Kier alpha value is -0.850. The molecule has 0 saturated heterocycles. The van der Waals surface area contributed by atoms with Crippen LogP contribution in [0.4, 0.5) is 0 Å². The van der Waals surface area contributed by atoms with Gasteiger partial charge in [0.25, 0.3) is 0 Å². The van der Waals surface area contributed by atoms with Crippen LogP contribution in [0.3, 0.4) is 0 Å². The molecule has 1 heterocycles. The predicted molar refractivity (Wildman–Crippen MR) is 70.8 cm³/mol. The zero-order valence-electron chi connectivity index (χ0n) is 11.0. The smallest absolute Gasteiger partial charge is 0.0302 e. The summed E-state index contributed by atoms with van der Waals surface area (Å²) in [6, 6.07) is 2.29. The van der Waals surface area contributed by atoms with Gasteiger partial charge in [0.15, 0.2) is 0 Å². The van der Waals surface area contributed by atoms with Crippen LogP contribution < -0.4 is 0 Å². The Balaban J connectivity index is 2.47. The van der Waals surface area contributed by atoms with Crippen LogP contribution in [0.2, 0.25) is 0 Å². The Morgan fingerprint density at radius 1 is 1.12 bits per heavy atom. The Morgan fingerprint density at radius 2 is 1.94 bits per heavy atom. The van der Waals surface area contributed by atoms with E-state index in [1.54, 1.807) is 0 Å². The second kappa shape index (κ2) is 7.43. The maximum absolute atomic E-state index is 4.30. The maximum Gasteiger partial charge on any atom is 0.0302 e. The van der Waals surface area contributed by atoms with Gasteiger partial charge in [-0.25, -0.2) is 0 Å². The Kier molecular flexibility index (Phi) is 6.14. The number of hydrogen-bond acceptors (Lipinski definition) is 1. The summed E-state index contributed by atoms with van der Waals surface area (Å²) in [5.41, 5.74) is 2.71. The minimum atomic E-state index is 0.712. The molecule has 90 valence electrons. The van der Waals surface area contributed by atoms with Crippen molar-refractivity contribution in [1.82, 2.24) is 4.98 Å². The molecule has 0 spiro atoms. The highest BCUT2D eigenvalue weighted by molar-refractivity contribution is 5.20. The molecular weight excluding hydrogens is 194 g/mol. The first kappa shape index (κ1) is 13.2. The van der Waals surface area contributed by atoms with Crippen molar-refractivity contribution in [3.05, 3.63) is 29.6 Å². The first-order valence-corrected chi connectivity index (χ1v) is 6.69.